The lowest BCUT2D eigenvalue weighted by atomic mass is 9.86. The number of hydrogen-bond donors (Lipinski definition) is 2. The summed E-state index contributed by atoms with van der Waals surface area (Å²) < 4.78 is 31.6. The van der Waals surface area contributed by atoms with E-state index >= 15 is 0 Å². The zero-order chi connectivity index (χ0) is 17.6. The summed E-state index contributed by atoms with van der Waals surface area (Å²) in [7, 11) is 0. The second-order valence-electron chi connectivity index (χ2n) is 6.91. The van der Waals surface area contributed by atoms with Crippen molar-refractivity contribution in [2.24, 2.45) is 5.41 Å². The summed E-state index contributed by atoms with van der Waals surface area (Å²) in [6.07, 6.45) is 3.15. The van der Waals surface area contributed by atoms with Gasteiger partial charge in [-0.25, -0.2) is 8.78 Å². The van der Waals surface area contributed by atoms with Gasteiger partial charge in [0.15, 0.2) is 11.6 Å². The molecule has 134 valence electrons. The molecule has 0 spiro atoms. The Morgan fingerprint density at radius 3 is 2.71 bits per heavy atom. The van der Waals surface area contributed by atoms with Crippen LogP contribution in [0.15, 0.2) is 18.2 Å². The van der Waals surface area contributed by atoms with Gasteiger partial charge < -0.3 is 15.4 Å². The summed E-state index contributed by atoms with van der Waals surface area (Å²) in [5.74, 6) is -1.26. The minimum absolute atomic E-state index is 0.0355. The maximum Gasteiger partial charge on any atom is 0.225 e. The average Bonchev–Trinajstić information content (AvgIpc) is 2.54. The number of ether oxygens (including phenoxy) is 1. The summed E-state index contributed by atoms with van der Waals surface area (Å²) in [6.45, 7) is 5.96. The molecule has 2 rings (SSSR count). The van der Waals surface area contributed by atoms with E-state index in [1.54, 1.807) is 0 Å². The van der Waals surface area contributed by atoms with E-state index in [1.807, 2.05) is 13.8 Å². The van der Waals surface area contributed by atoms with Crippen LogP contribution in [0, 0.1) is 17.0 Å². The zero-order valence-electron chi connectivity index (χ0n) is 14.3. The fourth-order valence-corrected chi connectivity index (χ4v) is 2.75. The number of carbonyl (C=O) groups excluding carboxylic acids is 1. The van der Waals surface area contributed by atoms with Crippen molar-refractivity contribution >= 4 is 5.91 Å². The van der Waals surface area contributed by atoms with E-state index < -0.39 is 17.0 Å². The first-order valence-electron chi connectivity index (χ1n) is 8.48. The lowest BCUT2D eigenvalue weighted by Gasteiger charge is -2.29. The fourth-order valence-electron chi connectivity index (χ4n) is 2.75. The molecule has 4 nitrogen and oxygen atoms in total. The van der Waals surface area contributed by atoms with Crippen molar-refractivity contribution in [3.05, 3.63) is 29.8 Å². The summed E-state index contributed by atoms with van der Waals surface area (Å²) in [4.78, 5) is 12.4. The van der Waals surface area contributed by atoms with Gasteiger partial charge in [-0.2, -0.15) is 0 Å². The van der Waals surface area contributed by atoms with Crippen LogP contribution in [0.2, 0.25) is 0 Å². The Bertz CT molecular complexity index is 558. The average molecular weight is 340 g/mol. The smallest absolute Gasteiger partial charge is 0.225 e. The Morgan fingerprint density at radius 1 is 1.33 bits per heavy atom. The van der Waals surface area contributed by atoms with Gasteiger partial charge in [0.25, 0.3) is 0 Å². The lowest BCUT2D eigenvalue weighted by molar-refractivity contribution is -0.130. The molecule has 0 aliphatic carbocycles. The number of carbonyl (C=O) groups is 1. The Morgan fingerprint density at radius 2 is 2.04 bits per heavy atom. The SMILES string of the molecule is CC(C)(CCCOc1ccc(F)cc1F)C(=O)NC1CCNCC1. The van der Waals surface area contributed by atoms with E-state index in [2.05, 4.69) is 10.6 Å². The van der Waals surface area contributed by atoms with Gasteiger partial charge in [-0.3, -0.25) is 4.79 Å². The molecule has 0 saturated carbocycles. The lowest BCUT2D eigenvalue weighted by Crippen LogP contribution is -2.47. The molecule has 0 atom stereocenters. The number of hydrogen-bond acceptors (Lipinski definition) is 3. The minimum Gasteiger partial charge on any atom is -0.491 e. The van der Waals surface area contributed by atoms with E-state index in [9.17, 15) is 13.6 Å². The third-order valence-corrected chi connectivity index (χ3v) is 4.39. The number of halogens is 2. The highest BCUT2D eigenvalue weighted by Crippen LogP contribution is 2.24. The van der Waals surface area contributed by atoms with Gasteiger partial charge in [0.05, 0.1) is 6.61 Å². The van der Waals surface area contributed by atoms with Crippen LogP contribution in [0.4, 0.5) is 8.78 Å². The standard InChI is InChI=1S/C18H26F2N2O2/c1-18(2,17(23)22-14-6-9-21-10-7-14)8-3-11-24-16-5-4-13(19)12-15(16)20/h4-5,12,14,21H,3,6-11H2,1-2H3,(H,22,23). The second kappa shape index (κ2) is 8.42. The number of piperidine rings is 1. The van der Waals surface area contributed by atoms with Gasteiger partial charge in [0.2, 0.25) is 5.91 Å². The van der Waals surface area contributed by atoms with Gasteiger partial charge in [0, 0.05) is 17.5 Å². The molecular weight excluding hydrogens is 314 g/mol. The van der Waals surface area contributed by atoms with Crippen molar-refractivity contribution in [3.8, 4) is 5.75 Å². The highest BCUT2D eigenvalue weighted by molar-refractivity contribution is 5.82. The molecular formula is C18H26F2N2O2. The minimum atomic E-state index is -0.710. The first-order valence-corrected chi connectivity index (χ1v) is 8.48. The second-order valence-corrected chi connectivity index (χ2v) is 6.91. The maximum atomic E-state index is 13.5. The first kappa shape index (κ1) is 18.6. The van der Waals surface area contributed by atoms with Gasteiger partial charge >= 0.3 is 0 Å². The molecule has 0 radical (unpaired) electrons. The molecule has 0 aromatic heterocycles. The highest BCUT2D eigenvalue weighted by Gasteiger charge is 2.29. The molecule has 24 heavy (non-hydrogen) atoms. The Kier molecular flexibility index (Phi) is 6.54. The van der Waals surface area contributed by atoms with Crippen LogP contribution in [0.25, 0.3) is 0 Å². The quantitative estimate of drug-likeness (QED) is 0.750. The third-order valence-electron chi connectivity index (χ3n) is 4.39. The third kappa shape index (κ3) is 5.44. The summed E-state index contributed by atoms with van der Waals surface area (Å²) in [6, 6.07) is 3.47. The topological polar surface area (TPSA) is 50.4 Å². The van der Waals surface area contributed by atoms with Crippen LogP contribution in [0.1, 0.15) is 39.5 Å². The largest absolute Gasteiger partial charge is 0.491 e. The molecule has 1 saturated heterocycles. The maximum absolute atomic E-state index is 13.5. The predicted octanol–water partition coefficient (Wildman–Crippen LogP) is 3.02. The molecule has 1 aromatic carbocycles. The van der Waals surface area contributed by atoms with Crippen molar-refractivity contribution in [3.63, 3.8) is 0 Å². The summed E-state index contributed by atoms with van der Waals surface area (Å²) in [5, 5.41) is 6.38. The van der Waals surface area contributed by atoms with E-state index in [1.165, 1.54) is 6.07 Å². The predicted molar refractivity (Wildman–Crippen MR) is 88.9 cm³/mol. The van der Waals surface area contributed by atoms with Gasteiger partial charge in [0.1, 0.15) is 5.82 Å². The van der Waals surface area contributed by atoms with Crippen molar-refractivity contribution < 1.29 is 18.3 Å². The molecule has 2 N–H and O–H groups in total. The van der Waals surface area contributed by atoms with Crippen molar-refractivity contribution in [1.29, 1.82) is 0 Å². The number of rotatable bonds is 7. The Hall–Kier alpha value is -1.69. The summed E-state index contributed by atoms with van der Waals surface area (Å²) >= 11 is 0. The van der Waals surface area contributed by atoms with Gasteiger partial charge in [-0.05, 0) is 50.9 Å². The molecule has 1 aromatic rings. The Balaban J connectivity index is 1.74. The van der Waals surface area contributed by atoms with Crippen molar-refractivity contribution in [1.82, 2.24) is 10.6 Å². The van der Waals surface area contributed by atoms with E-state index in [0.717, 1.165) is 38.1 Å². The van der Waals surface area contributed by atoms with Crippen molar-refractivity contribution in [2.45, 2.75) is 45.6 Å². The normalized spacial score (nSPS) is 16.0. The molecule has 0 bridgehead atoms. The first-order chi connectivity index (χ1) is 11.4. The van der Waals surface area contributed by atoms with Crippen LogP contribution < -0.4 is 15.4 Å². The zero-order valence-corrected chi connectivity index (χ0v) is 14.3. The number of amides is 1. The van der Waals surface area contributed by atoms with Crippen molar-refractivity contribution in [2.75, 3.05) is 19.7 Å². The highest BCUT2D eigenvalue weighted by atomic mass is 19.1. The molecule has 1 aliphatic heterocycles. The van der Waals surface area contributed by atoms with E-state index in [-0.39, 0.29) is 24.3 Å². The van der Waals surface area contributed by atoms with Crippen LogP contribution in [0.5, 0.6) is 5.75 Å². The molecule has 6 heteroatoms. The molecule has 1 aliphatic rings. The Labute approximate surface area is 142 Å². The van der Waals surface area contributed by atoms with Crippen LogP contribution in [0.3, 0.4) is 0 Å². The fraction of sp³-hybridized carbons (Fsp3) is 0.611. The molecule has 1 amide bonds. The van der Waals surface area contributed by atoms with Crippen LogP contribution in [-0.2, 0) is 4.79 Å². The van der Waals surface area contributed by atoms with E-state index in [4.69, 9.17) is 4.74 Å². The number of nitrogens with one attached hydrogen (secondary N) is 2. The van der Waals surface area contributed by atoms with Gasteiger partial charge in [-0.15, -0.1) is 0 Å². The monoisotopic (exact) mass is 340 g/mol. The van der Waals surface area contributed by atoms with Crippen LogP contribution >= 0.6 is 0 Å². The number of benzene rings is 1. The summed E-state index contributed by atoms with van der Waals surface area (Å²) in [5.41, 5.74) is -0.504. The van der Waals surface area contributed by atoms with Gasteiger partial charge in [-0.1, -0.05) is 13.8 Å². The van der Waals surface area contributed by atoms with Crippen LogP contribution in [-0.4, -0.2) is 31.6 Å². The molecule has 1 fully saturated rings. The van der Waals surface area contributed by atoms with E-state index in [0.29, 0.717) is 12.8 Å². The molecule has 0 unspecified atom stereocenters. The molecule has 1 heterocycles.